The maximum Gasteiger partial charge on any atom is 0.279 e. The third-order valence-electron chi connectivity index (χ3n) is 6.26. The molecule has 2 fully saturated rings. The number of carbonyl (C=O) groups is 2. The molecule has 4 N–H and O–H groups in total. The van der Waals surface area contributed by atoms with Crippen LogP contribution in [0.3, 0.4) is 0 Å². The number of nitrogens with one attached hydrogen (secondary N) is 4. The van der Waals surface area contributed by atoms with E-state index in [1.54, 1.807) is 0 Å². The van der Waals surface area contributed by atoms with Gasteiger partial charge in [-0.25, -0.2) is 4.68 Å². The van der Waals surface area contributed by atoms with Gasteiger partial charge in [0.15, 0.2) is 13.1 Å². The van der Waals surface area contributed by atoms with Crippen molar-refractivity contribution < 1.29 is 19.4 Å². The lowest BCUT2D eigenvalue weighted by Gasteiger charge is -2.29. The number of piperazine rings is 1. The number of quaternary nitrogens is 2. The van der Waals surface area contributed by atoms with Crippen LogP contribution in [0.25, 0.3) is 5.69 Å². The third-order valence-corrected chi connectivity index (χ3v) is 6.26. The van der Waals surface area contributed by atoms with Crippen molar-refractivity contribution in [3.63, 3.8) is 0 Å². The molecule has 1 aromatic heterocycles. The molecule has 1 saturated carbocycles. The van der Waals surface area contributed by atoms with Gasteiger partial charge in [-0.05, 0) is 45.7 Å². The summed E-state index contributed by atoms with van der Waals surface area (Å²) in [4.78, 5) is 27.3. The van der Waals surface area contributed by atoms with Gasteiger partial charge >= 0.3 is 0 Å². The van der Waals surface area contributed by atoms with Gasteiger partial charge in [-0.1, -0.05) is 17.7 Å². The van der Waals surface area contributed by atoms with Crippen LogP contribution >= 0.6 is 0 Å². The van der Waals surface area contributed by atoms with Gasteiger partial charge in [0.25, 0.3) is 11.8 Å². The Morgan fingerprint density at radius 3 is 2.13 bits per heavy atom. The minimum absolute atomic E-state index is 0.0135. The highest BCUT2D eigenvalue weighted by Gasteiger charge is 2.29. The zero-order chi connectivity index (χ0) is 22.0. The molecular formula is C23H34N6O2+2. The maximum absolute atomic E-state index is 12.7. The zero-order valence-corrected chi connectivity index (χ0v) is 18.8. The second-order valence-electron chi connectivity index (χ2n) is 9.04. The van der Waals surface area contributed by atoms with Crippen LogP contribution in [0.4, 0.5) is 5.69 Å². The fraction of sp³-hybridized carbons (Fsp3) is 0.522. The summed E-state index contributed by atoms with van der Waals surface area (Å²) in [6, 6.07) is 8.62. The summed E-state index contributed by atoms with van der Waals surface area (Å²) in [5, 5.41) is 10.8. The third kappa shape index (κ3) is 5.51. The van der Waals surface area contributed by atoms with E-state index < -0.39 is 0 Å². The molecule has 0 spiro atoms. The van der Waals surface area contributed by atoms with Gasteiger partial charge in [-0.2, -0.15) is 5.10 Å². The molecule has 4 rings (SSSR count). The molecule has 2 amide bonds. The van der Waals surface area contributed by atoms with Crippen molar-refractivity contribution in [1.82, 2.24) is 15.1 Å². The number of rotatable bonds is 7. The summed E-state index contributed by atoms with van der Waals surface area (Å²) in [6.45, 7) is 10.6. The van der Waals surface area contributed by atoms with Gasteiger partial charge in [0, 0.05) is 6.04 Å². The molecule has 0 bridgehead atoms. The van der Waals surface area contributed by atoms with Crippen molar-refractivity contribution in [3.05, 3.63) is 41.2 Å². The number of benzene rings is 1. The summed E-state index contributed by atoms with van der Waals surface area (Å²) >= 11 is 0. The quantitative estimate of drug-likeness (QED) is 0.449. The zero-order valence-electron chi connectivity index (χ0n) is 18.8. The lowest BCUT2D eigenvalue weighted by molar-refractivity contribution is -1.00. The van der Waals surface area contributed by atoms with E-state index in [0.717, 1.165) is 61.8 Å². The van der Waals surface area contributed by atoms with Crippen molar-refractivity contribution >= 4 is 17.5 Å². The van der Waals surface area contributed by atoms with Crippen LogP contribution in [-0.2, 0) is 9.59 Å². The minimum Gasteiger partial charge on any atom is -0.348 e. The largest absolute Gasteiger partial charge is 0.348 e. The second kappa shape index (κ2) is 9.20. The van der Waals surface area contributed by atoms with Crippen LogP contribution in [0.5, 0.6) is 0 Å². The fourth-order valence-corrected chi connectivity index (χ4v) is 4.22. The highest BCUT2D eigenvalue weighted by atomic mass is 16.2. The first-order chi connectivity index (χ1) is 14.9. The average molecular weight is 427 g/mol. The Labute approximate surface area is 183 Å². The number of nitrogens with zero attached hydrogens (tertiary/aromatic N) is 2. The highest BCUT2D eigenvalue weighted by Crippen LogP contribution is 2.22. The maximum atomic E-state index is 12.7. The molecule has 1 aliphatic heterocycles. The van der Waals surface area contributed by atoms with E-state index in [1.807, 2.05) is 30.7 Å². The van der Waals surface area contributed by atoms with Crippen LogP contribution in [-0.4, -0.2) is 66.9 Å². The summed E-state index contributed by atoms with van der Waals surface area (Å²) in [7, 11) is 0. The summed E-state index contributed by atoms with van der Waals surface area (Å²) < 4.78 is 1.88. The minimum atomic E-state index is 0.0135. The molecule has 1 aliphatic carbocycles. The Kier molecular flexibility index (Phi) is 6.38. The van der Waals surface area contributed by atoms with Gasteiger partial charge in [0.05, 0.1) is 22.8 Å². The molecule has 0 radical (unpaired) electrons. The van der Waals surface area contributed by atoms with E-state index in [9.17, 15) is 9.59 Å². The number of aryl methyl sites for hydroxylation is 2. The van der Waals surface area contributed by atoms with Crippen molar-refractivity contribution in [2.24, 2.45) is 0 Å². The van der Waals surface area contributed by atoms with Crippen molar-refractivity contribution in [2.75, 3.05) is 44.6 Å². The first-order valence-corrected chi connectivity index (χ1v) is 11.3. The Morgan fingerprint density at radius 2 is 1.55 bits per heavy atom. The SMILES string of the molecule is Cc1ccc(-n2nc(C)c(NC(=O)C[NH+]3CC[NH+](CC(=O)NC4CC4)CC3)c2C)cc1. The number of carbonyl (C=O) groups excluding carboxylic acids is 2. The topological polar surface area (TPSA) is 84.9 Å². The van der Waals surface area contributed by atoms with E-state index in [-0.39, 0.29) is 11.8 Å². The fourth-order valence-electron chi connectivity index (χ4n) is 4.22. The van der Waals surface area contributed by atoms with E-state index in [0.29, 0.717) is 19.1 Å². The monoisotopic (exact) mass is 426 g/mol. The van der Waals surface area contributed by atoms with E-state index in [4.69, 9.17) is 0 Å². The molecule has 166 valence electrons. The number of anilines is 1. The van der Waals surface area contributed by atoms with Gasteiger partial charge in [0.1, 0.15) is 26.2 Å². The molecule has 8 heteroatoms. The molecule has 0 unspecified atom stereocenters. The van der Waals surface area contributed by atoms with Crippen molar-refractivity contribution in [2.45, 2.75) is 39.7 Å². The van der Waals surface area contributed by atoms with Gasteiger partial charge < -0.3 is 20.4 Å². The molecule has 2 aliphatic rings. The number of hydrogen-bond donors (Lipinski definition) is 4. The summed E-state index contributed by atoms with van der Waals surface area (Å²) in [5.41, 5.74) is 4.73. The lowest BCUT2D eigenvalue weighted by Crippen LogP contribution is -3.28. The van der Waals surface area contributed by atoms with E-state index in [2.05, 4.69) is 34.8 Å². The standard InChI is InChI=1S/C23H32N6O2/c1-16-4-8-20(9-5-16)29-18(3)23(17(2)26-29)25-22(31)15-28-12-10-27(11-13-28)14-21(30)24-19-6-7-19/h4-5,8-9,19H,6-7,10-15H2,1-3H3,(H,24,30)(H,25,31)/p+2. The lowest BCUT2D eigenvalue weighted by atomic mass is 10.2. The number of hydrogen-bond acceptors (Lipinski definition) is 3. The predicted molar refractivity (Wildman–Crippen MR) is 119 cm³/mol. The molecule has 2 aromatic rings. The highest BCUT2D eigenvalue weighted by molar-refractivity contribution is 5.92. The Bertz CT molecular complexity index is 940. The Hall–Kier alpha value is -2.71. The first-order valence-electron chi connectivity index (χ1n) is 11.3. The van der Waals surface area contributed by atoms with Crippen LogP contribution in [0.2, 0.25) is 0 Å². The first kappa shape index (κ1) is 21.5. The van der Waals surface area contributed by atoms with Crippen molar-refractivity contribution in [3.8, 4) is 5.69 Å². The van der Waals surface area contributed by atoms with Crippen LogP contribution in [0.15, 0.2) is 24.3 Å². The van der Waals surface area contributed by atoms with Crippen LogP contribution in [0.1, 0.15) is 29.8 Å². The molecule has 1 saturated heterocycles. The van der Waals surface area contributed by atoms with E-state index >= 15 is 0 Å². The van der Waals surface area contributed by atoms with Gasteiger partial charge in [-0.15, -0.1) is 0 Å². The molecule has 0 atom stereocenters. The molecule has 31 heavy (non-hydrogen) atoms. The molecule has 8 nitrogen and oxygen atoms in total. The van der Waals surface area contributed by atoms with Crippen molar-refractivity contribution in [1.29, 1.82) is 0 Å². The molecule has 1 aromatic carbocycles. The smallest absolute Gasteiger partial charge is 0.279 e. The van der Waals surface area contributed by atoms with E-state index in [1.165, 1.54) is 15.4 Å². The number of aromatic nitrogens is 2. The average Bonchev–Trinajstić information content (AvgIpc) is 3.51. The van der Waals surface area contributed by atoms with Gasteiger partial charge in [0.2, 0.25) is 0 Å². The van der Waals surface area contributed by atoms with Crippen LogP contribution < -0.4 is 20.4 Å². The van der Waals surface area contributed by atoms with Crippen LogP contribution in [0, 0.1) is 20.8 Å². The summed E-state index contributed by atoms with van der Waals surface area (Å²) in [6.07, 6.45) is 2.24. The molecular weight excluding hydrogens is 392 g/mol. The summed E-state index contributed by atoms with van der Waals surface area (Å²) in [5.74, 6) is 0.176. The Balaban J connectivity index is 1.28. The normalized spacial score (nSPS) is 21.0. The predicted octanol–water partition coefficient (Wildman–Crippen LogP) is -1.20. The van der Waals surface area contributed by atoms with Gasteiger partial charge in [-0.3, -0.25) is 9.59 Å². The Morgan fingerprint density at radius 1 is 0.968 bits per heavy atom. The molecule has 2 heterocycles. The second-order valence-corrected chi connectivity index (χ2v) is 9.04. The number of amides is 2.